The van der Waals surface area contributed by atoms with E-state index in [1.54, 1.807) is 12.1 Å². The van der Waals surface area contributed by atoms with Crippen LogP contribution in [0.1, 0.15) is 30.1 Å². The SMILES string of the molecule is COC(=O)NC(=O)[C@H](C)OC(=O)c1ccc(OC[C@@H]2CCCO2)cc1. The van der Waals surface area contributed by atoms with Gasteiger partial charge in [-0.05, 0) is 44.0 Å². The van der Waals surface area contributed by atoms with Crippen LogP contribution in [-0.4, -0.2) is 50.5 Å². The highest BCUT2D eigenvalue weighted by atomic mass is 16.6. The number of benzene rings is 1. The lowest BCUT2D eigenvalue weighted by Gasteiger charge is -2.13. The fourth-order valence-corrected chi connectivity index (χ4v) is 2.19. The first-order valence-electron chi connectivity index (χ1n) is 7.94. The van der Waals surface area contributed by atoms with Gasteiger partial charge in [0.2, 0.25) is 0 Å². The van der Waals surface area contributed by atoms with Crippen molar-refractivity contribution in [1.82, 2.24) is 5.32 Å². The first-order chi connectivity index (χ1) is 12.0. The van der Waals surface area contributed by atoms with Crippen LogP contribution in [0, 0.1) is 0 Å². The number of methoxy groups -OCH3 is 1. The van der Waals surface area contributed by atoms with Crippen molar-refractivity contribution >= 4 is 18.0 Å². The lowest BCUT2D eigenvalue weighted by atomic mass is 10.2. The first kappa shape index (κ1) is 18.7. The molecule has 0 radical (unpaired) electrons. The molecular weight excluding hydrogens is 330 g/mol. The Morgan fingerprint density at radius 2 is 2.00 bits per heavy atom. The predicted molar refractivity (Wildman–Crippen MR) is 86.3 cm³/mol. The van der Waals surface area contributed by atoms with Crippen molar-refractivity contribution in [3.63, 3.8) is 0 Å². The zero-order chi connectivity index (χ0) is 18.2. The maximum Gasteiger partial charge on any atom is 0.413 e. The number of hydrogen-bond acceptors (Lipinski definition) is 7. The van der Waals surface area contributed by atoms with Gasteiger partial charge in [0.25, 0.3) is 5.91 Å². The summed E-state index contributed by atoms with van der Waals surface area (Å²) in [6, 6.07) is 6.37. The minimum absolute atomic E-state index is 0.110. The quantitative estimate of drug-likeness (QED) is 0.778. The van der Waals surface area contributed by atoms with Crippen LogP contribution in [0.4, 0.5) is 4.79 Å². The topological polar surface area (TPSA) is 100 Å². The number of alkyl carbamates (subject to hydrolysis) is 1. The number of nitrogens with one attached hydrogen (secondary N) is 1. The third-order valence-electron chi connectivity index (χ3n) is 3.61. The molecule has 1 aromatic carbocycles. The third kappa shape index (κ3) is 5.75. The predicted octanol–water partition coefficient (Wildman–Crippen LogP) is 1.67. The van der Waals surface area contributed by atoms with E-state index in [0.717, 1.165) is 26.6 Å². The van der Waals surface area contributed by atoms with Crippen molar-refractivity contribution in [3.05, 3.63) is 29.8 Å². The van der Waals surface area contributed by atoms with E-state index < -0.39 is 24.1 Å². The molecule has 2 rings (SSSR count). The zero-order valence-corrected chi connectivity index (χ0v) is 14.2. The standard InChI is InChI=1S/C17H21NO7/c1-11(15(19)18-17(21)22-2)25-16(20)12-5-7-13(8-6-12)24-10-14-4-3-9-23-14/h5-8,11,14H,3-4,9-10H2,1-2H3,(H,18,19,21)/t11-,14-/m0/s1. The number of esters is 1. The molecule has 8 nitrogen and oxygen atoms in total. The highest BCUT2D eigenvalue weighted by Gasteiger charge is 2.21. The summed E-state index contributed by atoms with van der Waals surface area (Å²) < 4.78 is 20.4. The van der Waals surface area contributed by atoms with E-state index in [1.807, 2.05) is 5.32 Å². The van der Waals surface area contributed by atoms with Crippen LogP contribution in [0.3, 0.4) is 0 Å². The fourth-order valence-electron chi connectivity index (χ4n) is 2.19. The van der Waals surface area contributed by atoms with Gasteiger partial charge in [0, 0.05) is 6.61 Å². The van der Waals surface area contributed by atoms with E-state index in [4.69, 9.17) is 14.2 Å². The van der Waals surface area contributed by atoms with Crippen LogP contribution < -0.4 is 10.1 Å². The lowest BCUT2D eigenvalue weighted by molar-refractivity contribution is -0.128. The summed E-state index contributed by atoms with van der Waals surface area (Å²) in [7, 11) is 1.13. The maximum atomic E-state index is 12.0. The minimum Gasteiger partial charge on any atom is -0.491 e. The highest BCUT2D eigenvalue weighted by Crippen LogP contribution is 2.17. The second-order valence-corrected chi connectivity index (χ2v) is 5.50. The van der Waals surface area contributed by atoms with Gasteiger partial charge in [0.05, 0.1) is 18.8 Å². The average Bonchev–Trinajstić information content (AvgIpc) is 3.13. The molecule has 0 spiro atoms. The van der Waals surface area contributed by atoms with Crippen LogP contribution in [0.2, 0.25) is 0 Å². The van der Waals surface area contributed by atoms with Gasteiger partial charge in [-0.15, -0.1) is 0 Å². The summed E-state index contributed by atoms with van der Waals surface area (Å²) in [5.41, 5.74) is 0.266. The van der Waals surface area contributed by atoms with Gasteiger partial charge in [0.1, 0.15) is 12.4 Å². The van der Waals surface area contributed by atoms with Gasteiger partial charge in [0.15, 0.2) is 6.10 Å². The van der Waals surface area contributed by atoms with Crippen molar-refractivity contribution in [2.24, 2.45) is 0 Å². The van der Waals surface area contributed by atoms with Gasteiger partial charge in [-0.1, -0.05) is 0 Å². The molecule has 0 aromatic heterocycles. The van der Waals surface area contributed by atoms with Crippen LogP contribution in [0.15, 0.2) is 24.3 Å². The Hall–Kier alpha value is -2.61. The molecule has 0 aliphatic carbocycles. The molecule has 1 aromatic rings. The molecular formula is C17H21NO7. The molecule has 0 saturated carbocycles. The van der Waals surface area contributed by atoms with E-state index in [2.05, 4.69) is 4.74 Å². The van der Waals surface area contributed by atoms with E-state index in [1.165, 1.54) is 19.1 Å². The van der Waals surface area contributed by atoms with Crippen molar-refractivity contribution in [2.75, 3.05) is 20.3 Å². The summed E-state index contributed by atoms with van der Waals surface area (Å²) in [6.07, 6.45) is 0.0812. The molecule has 25 heavy (non-hydrogen) atoms. The maximum absolute atomic E-state index is 12.0. The molecule has 1 aliphatic rings. The Balaban J connectivity index is 1.82. The molecule has 0 bridgehead atoms. The number of imide groups is 1. The molecule has 2 atom stereocenters. The Morgan fingerprint density at radius 3 is 2.60 bits per heavy atom. The number of amides is 2. The molecule has 1 heterocycles. The third-order valence-corrected chi connectivity index (χ3v) is 3.61. The molecule has 8 heteroatoms. The molecule has 1 aliphatic heterocycles. The van der Waals surface area contributed by atoms with E-state index in [0.29, 0.717) is 12.4 Å². The van der Waals surface area contributed by atoms with E-state index in [9.17, 15) is 14.4 Å². The number of rotatable bonds is 6. The molecule has 2 amide bonds. The molecule has 1 saturated heterocycles. The fraction of sp³-hybridized carbons (Fsp3) is 0.471. The summed E-state index contributed by atoms with van der Waals surface area (Å²) in [5.74, 6) is -0.835. The first-order valence-corrected chi connectivity index (χ1v) is 7.94. The Kier molecular flexibility index (Phi) is 6.76. The second-order valence-electron chi connectivity index (χ2n) is 5.50. The smallest absolute Gasteiger partial charge is 0.413 e. The number of carbonyl (C=O) groups excluding carboxylic acids is 3. The van der Waals surface area contributed by atoms with Crippen molar-refractivity contribution in [1.29, 1.82) is 0 Å². The summed E-state index contributed by atoms with van der Waals surface area (Å²) in [4.78, 5) is 34.6. The molecule has 136 valence electrons. The monoisotopic (exact) mass is 351 g/mol. The summed E-state index contributed by atoms with van der Waals surface area (Å²) in [5, 5.41) is 1.93. The van der Waals surface area contributed by atoms with Crippen molar-refractivity contribution in [2.45, 2.75) is 32.0 Å². The largest absolute Gasteiger partial charge is 0.491 e. The summed E-state index contributed by atoms with van der Waals surface area (Å²) in [6.45, 7) is 2.59. The Labute approximate surface area is 145 Å². The average molecular weight is 351 g/mol. The van der Waals surface area contributed by atoms with Gasteiger partial charge in [-0.25, -0.2) is 9.59 Å². The second kappa shape index (κ2) is 9.03. The lowest BCUT2D eigenvalue weighted by Crippen LogP contribution is -2.39. The summed E-state index contributed by atoms with van der Waals surface area (Å²) >= 11 is 0. The van der Waals surface area contributed by atoms with Crippen molar-refractivity contribution in [3.8, 4) is 5.75 Å². The van der Waals surface area contributed by atoms with Crippen LogP contribution in [0.25, 0.3) is 0 Å². The highest BCUT2D eigenvalue weighted by molar-refractivity contribution is 5.97. The Morgan fingerprint density at radius 1 is 1.28 bits per heavy atom. The Bertz CT molecular complexity index is 608. The van der Waals surface area contributed by atoms with Crippen LogP contribution >= 0.6 is 0 Å². The number of hydrogen-bond donors (Lipinski definition) is 1. The zero-order valence-electron chi connectivity index (χ0n) is 14.2. The minimum atomic E-state index is -1.14. The number of carbonyl (C=O) groups is 3. The van der Waals surface area contributed by atoms with Gasteiger partial charge in [-0.2, -0.15) is 0 Å². The molecule has 0 unspecified atom stereocenters. The van der Waals surface area contributed by atoms with E-state index in [-0.39, 0.29) is 11.7 Å². The van der Waals surface area contributed by atoms with Gasteiger partial charge in [-0.3, -0.25) is 10.1 Å². The van der Waals surface area contributed by atoms with Crippen LogP contribution in [0.5, 0.6) is 5.75 Å². The molecule has 1 N–H and O–H groups in total. The van der Waals surface area contributed by atoms with Crippen molar-refractivity contribution < 1.29 is 33.3 Å². The normalized spacial score (nSPS) is 17.4. The van der Waals surface area contributed by atoms with Gasteiger partial charge >= 0.3 is 12.1 Å². The number of ether oxygens (including phenoxy) is 4. The van der Waals surface area contributed by atoms with Gasteiger partial charge < -0.3 is 18.9 Å². The van der Waals surface area contributed by atoms with E-state index >= 15 is 0 Å². The van der Waals surface area contributed by atoms with Crippen LogP contribution in [-0.2, 0) is 19.0 Å². The molecule has 1 fully saturated rings.